The Morgan fingerprint density at radius 1 is 1.50 bits per heavy atom. The second kappa shape index (κ2) is 6.70. The number of hydrogen-bond acceptors (Lipinski definition) is 4. The van der Waals surface area contributed by atoms with Gasteiger partial charge in [0.25, 0.3) is 0 Å². The van der Waals surface area contributed by atoms with Crippen molar-refractivity contribution in [2.45, 2.75) is 29.8 Å². The lowest BCUT2D eigenvalue weighted by molar-refractivity contribution is -0.132. The van der Waals surface area contributed by atoms with Crippen LogP contribution >= 0.6 is 24.2 Å². The first kappa shape index (κ1) is 17.1. The molecule has 1 fully saturated rings. The molecular formula is C14H21ClN2O2S. The molecule has 2 rings (SSSR count). The molecule has 1 aliphatic rings. The van der Waals surface area contributed by atoms with Gasteiger partial charge in [0.15, 0.2) is 0 Å². The van der Waals surface area contributed by atoms with E-state index in [-0.39, 0.29) is 18.3 Å². The monoisotopic (exact) mass is 316 g/mol. The van der Waals surface area contributed by atoms with Crippen molar-refractivity contribution in [3.63, 3.8) is 0 Å². The highest BCUT2D eigenvalue weighted by molar-refractivity contribution is 7.98. The largest absolute Gasteiger partial charge is 0.496 e. The number of carbonyl (C=O) groups is 1. The number of nitrogens with zero attached hydrogens (tertiary/aromatic N) is 1. The zero-order valence-electron chi connectivity index (χ0n) is 12.0. The quantitative estimate of drug-likeness (QED) is 0.847. The van der Waals surface area contributed by atoms with E-state index in [1.807, 2.05) is 24.5 Å². The molecule has 112 valence electrons. The van der Waals surface area contributed by atoms with Crippen LogP contribution in [0.3, 0.4) is 0 Å². The van der Waals surface area contributed by atoms with Crippen LogP contribution in [0.2, 0.25) is 0 Å². The first-order valence-electron chi connectivity index (χ1n) is 6.25. The number of likely N-dealkylation sites (N-methyl/N-ethyl adjacent to an activating group) is 1. The molecule has 6 heteroatoms. The van der Waals surface area contributed by atoms with Crippen molar-refractivity contribution in [1.29, 1.82) is 0 Å². The average Bonchev–Trinajstić information content (AvgIpc) is 3.16. The molecule has 4 nitrogen and oxygen atoms in total. The number of methoxy groups -OCH3 is 1. The molecule has 0 unspecified atom stereocenters. The Balaban J connectivity index is 0.00000200. The molecule has 0 aromatic heterocycles. The zero-order valence-corrected chi connectivity index (χ0v) is 13.6. The predicted octanol–water partition coefficient (Wildman–Crippen LogP) is 2.29. The van der Waals surface area contributed by atoms with Crippen LogP contribution < -0.4 is 10.5 Å². The number of ether oxygens (including phenoxy) is 1. The highest BCUT2D eigenvalue weighted by Gasteiger charge is 2.47. The third-order valence-corrected chi connectivity index (χ3v) is 4.21. The van der Waals surface area contributed by atoms with Crippen molar-refractivity contribution in [3.8, 4) is 5.75 Å². The highest BCUT2D eigenvalue weighted by Crippen LogP contribution is 2.34. The van der Waals surface area contributed by atoms with Gasteiger partial charge in [0.1, 0.15) is 5.75 Å². The third-order valence-electron chi connectivity index (χ3n) is 3.43. The van der Waals surface area contributed by atoms with Crippen LogP contribution in [-0.4, -0.2) is 36.8 Å². The van der Waals surface area contributed by atoms with E-state index in [2.05, 4.69) is 0 Å². The topological polar surface area (TPSA) is 55.6 Å². The highest BCUT2D eigenvalue weighted by atomic mass is 35.5. The molecule has 0 atom stereocenters. The van der Waals surface area contributed by atoms with Crippen LogP contribution in [-0.2, 0) is 11.3 Å². The number of hydrogen-bond donors (Lipinski definition) is 1. The summed E-state index contributed by atoms with van der Waals surface area (Å²) >= 11 is 1.64. The van der Waals surface area contributed by atoms with Gasteiger partial charge < -0.3 is 15.4 Å². The van der Waals surface area contributed by atoms with Gasteiger partial charge in [-0.3, -0.25) is 4.79 Å². The van der Waals surface area contributed by atoms with Gasteiger partial charge in [-0.05, 0) is 36.8 Å². The maximum Gasteiger partial charge on any atom is 0.242 e. The van der Waals surface area contributed by atoms with Crippen LogP contribution in [0.1, 0.15) is 18.4 Å². The average molecular weight is 317 g/mol. The molecule has 1 amide bonds. The SMILES string of the molecule is COc1cc(CN(C)C(=O)C2(N)CC2)ccc1SC.Cl. The second-order valence-electron chi connectivity index (χ2n) is 5.01. The molecular weight excluding hydrogens is 296 g/mol. The van der Waals surface area contributed by atoms with Gasteiger partial charge in [-0.15, -0.1) is 24.2 Å². The summed E-state index contributed by atoms with van der Waals surface area (Å²) < 4.78 is 5.35. The van der Waals surface area contributed by atoms with Crippen LogP contribution in [0, 0.1) is 0 Å². The summed E-state index contributed by atoms with van der Waals surface area (Å²) in [4.78, 5) is 14.9. The van der Waals surface area contributed by atoms with Crippen LogP contribution in [0.5, 0.6) is 5.75 Å². The predicted molar refractivity (Wildman–Crippen MR) is 84.6 cm³/mol. The van der Waals surface area contributed by atoms with Crippen molar-refractivity contribution in [1.82, 2.24) is 4.90 Å². The van der Waals surface area contributed by atoms with Crippen LogP contribution in [0.15, 0.2) is 23.1 Å². The first-order chi connectivity index (χ1) is 9.00. The fraction of sp³-hybridized carbons (Fsp3) is 0.500. The number of nitrogens with two attached hydrogens (primary N) is 1. The molecule has 0 spiro atoms. The second-order valence-corrected chi connectivity index (χ2v) is 5.85. The molecule has 1 aromatic carbocycles. The van der Waals surface area contributed by atoms with Crippen molar-refractivity contribution < 1.29 is 9.53 Å². The minimum atomic E-state index is -0.599. The molecule has 20 heavy (non-hydrogen) atoms. The molecule has 0 bridgehead atoms. The van der Waals surface area contributed by atoms with E-state index < -0.39 is 5.54 Å². The minimum Gasteiger partial charge on any atom is -0.496 e. The minimum absolute atomic E-state index is 0. The number of rotatable bonds is 5. The lowest BCUT2D eigenvalue weighted by atomic mass is 10.2. The fourth-order valence-corrected chi connectivity index (χ4v) is 2.60. The van der Waals surface area contributed by atoms with Gasteiger partial charge in [0, 0.05) is 18.5 Å². The summed E-state index contributed by atoms with van der Waals surface area (Å²) in [5.74, 6) is 0.875. The summed E-state index contributed by atoms with van der Waals surface area (Å²) in [5.41, 5.74) is 6.38. The number of halogens is 1. The maximum absolute atomic E-state index is 12.1. The number of benzene rings is 1. The molecule has 0 radical (unpaired) electrons. The van der Waals surface area contributed by atoms with Crippen LogP contribution in [0.25, 0.3) is 0 Å². The summed E-state index contributed by atoms with van der Waals surface area (Å²) in [6.45, 7) is 0.558. The smallest absolute Gasteiger partial charge is 0.242 e. The van der Waals surface area contributed by atoms with Gasteiger partial charge in [-0.25, -0.2) is 0 Å². The van der Waals surface area contributed by atoms with E-state index >= 15 is 0 Å². The molecule has 1 saturated carbocycles. The van der Waals surface area contributed by atoms with E-state index in [0.717, 1.165) is 29.1 Å². The molecule has 1 aromatic rings. The number of carbonyl (C=O) groups excluding carboxylic acids is 1. The number of amides is 1. The van der Waals surface area contributed by atoms with Gasteiger partial charge in [-0.2, -0.15) is 0 Å². The van der Waals surface area contributed by atoms with Gasteiger partial charge in [-0.1, -0.05) is 6.07 Å². The van der Waals surface area contributed by atoms with E-state index in [4.69, 9.17) is 10.5 Å². The Hall–Kier alpha value is -0.910. The zero-order chi connectivity index (χ0) is 14.0. The first-order valence-corrected chi connectivity index (χ1v) is 7.48. The van der Waals surface area contributed by atoms with Gasteiger partial charge in [0.2, 0.25) is 5.91 Å². The lowest BCUT2D eigenvalue weighted by Crippen LogP contribution is -2.43. The van der Waals surface area contributed by atoms with Gasteiger partial charge >= 0.3 is 0 Å². The molecule has 0 heterocycles. The van der Waals surface area contributed by atoms with Gasteiger partial charge in [0.05, 0.1) is 12.6 Å². The number of thioether (sulfide) groups is 1. The molecule has 0 aliphatic heterocycles. The third kappa shape index (κ3) is 3.59. The van der Waals surface area contributed by atoms with E-state index in [0.29, 0.717) is 6.54 Å². The van der Waals surface area contributed by atoms with Crippen molar-refractivity contribution in [2.75, 3.05) is 20.4 Å². The van der Waals surface area contributed by atoms with E-state index in [9.17, 15) is 4.79 Å². The summed E-state index contributed by atoms with van der Waals surface area (Å²) in [5, 5.41) is 0. The maximum atomic E-state index is 12.1. The Labute approximate surface area is 130 Å². The Morgan fingerprint density at radius 2 is 2.15 bits per heavy atom. The normalized spacial score (nSPS) is 15.2. The Kier molecular flexibility index (Phi) is 5.74. The van der Waals surface area contributed by atoms with E-state index in [1.54, 1.807) is 30.8 Å². The van der Waals surface area contributed by atoms with Crippen molar-refractivity contribution in [2.24, 2.45) is 5.73 Å². The summed E-state index contributed by atoms with van der Waals surface area (Å²) in [6, 6.07) is 6.02. The van der Waals surface area contributed by atoms with Crippen LogP contribution in [0.4, 0.5) is 0 Å². The van der Waals surface area contributed by atoms with Crippen molar-refractivity contribution >= 4 is 30.1 Å². The molecule has 0 saturated heterocycles. The summed E-state index contributed by atoms with van der Waals surface area (Å²) in [6.07, 6.45) is 3.61. The summed E-state index contributed by atoms with van der Waals surface area (Å²) in [7, 11) is 3.46. The molecule has 2 N–H and O–H groups in total. The lowest BCUT2D eigenvalue weighted by Gasteiger charge is -2.21. The van der Waals surface area contributed by atoms with Crippen molar-refractivity contribution in [3.05, 3.63) is 23.8 Å². The Bertz CT molecular complexity index is 492. The van der Waals surface area contributed by atoms with E-state index in [1.165, 1.54) is 0 Å². The Morgan fingerprint density at radius 3 is 2.65 bits per heavy atom. The molecule has 1 aliphatic carbocycles. The standard InChI is InChI=1S/C14H20N2O2S.ClH/c1-16(13(17)14(15)6-7-14)9-10-4-5-12(19-3)11(8-10)18-2;/h4-5,8H,6-7,9,15H2,1-3H3;1H. The fourth-order valence-electron chi connectivity index (χ4n) is 2.05.